The van der Waals surface area contributed by atoms with Gasteiger partial charge in [-0.15, -0.1) is 0 Å². The molecule has 2 fully saturated rings. The first-order chi connectivity index (χ1) is 6.29. The van der Waals surface area contributed by atoms with Crippen molar-refractivity contribution in [2.45, 2.75) is 39.5 Å². The zero-order valence-electron chi connectivity index (χ0n) is 9.05. The van der Waals surface area contributed by atoms with Crippen molar-refractivity contribution in [3.05, 3.63) is 0 Å². The van der Waals surface area contributed by atoms with Gasteiger partial charge in [-0.05, 0) is 62.4 Å². The summed E-state index contributed by atoms with van der Waals surface area (Å²) in [7, 11) is 0. The van der Waals surface area contributed by atoms with E-state index in [1.807, 2.05) is 0 Å². The quantitative estimate of drug-likeness (QED) is 0.706. The summed E-state index contributed by atoms with van der Waals surface area (Å²) in [5.74, 6) is 4.09. The predicted molar refractivity (Wildman–Crippen MR) is 56.6 cm³/mol. The fourth-order valence-electron chi connectivity index (χ4n) is 3.18. The number of piperidine rings is 1. The number of hydrogen-bond donors (Lipinski definition) is 1. The summed E-state index contributed by atoms with van der Waals surface area (Å²) in [6.07, 6.45) is 5.90. The molecule has 1 nitrogen and oxygen atoms in total. The lowest BCUT2D eigenvalue weighted by molar-refractivity contribution is 0.179. The summed E-state index contributed by atoms with van der Waals surface area (Å²) in [6, 6.07) is 0. The van der Waals surface area contributed by atoms with Crippen molar-refractivity contribution in [1.82, 2.24) is 5.32 Å². The molecular weight excluding hydrogens is 158 g/mol. The average Bonchev–Trinajstić information content (AvgIpc) is 2.90. The molecule has 1 heteroatoms. The predicted octanol–water partition coefficient (Wildman–Crippen LogP) is 2.67. The fraction of sp³-hybridized carbons (Fsp3) is 1.00. The van der Waals surface area contributed by atoms with Crippen molar-refractivity contribution >= 4 is 0 Å². The van der Waals surface area contributed by atoms with Crippen LogP contribution < -0.4 is 5.32 Å². The van der Waals surface area contributed by atoms with E-state index in [0.29, 0.717) is 0 Å². The van der Waals surface area contributed by atoms with Gasteiger partial charge in [0.25, 0.3) is 0 Å². The van der Waals surface area contributed by atoms with Gasteiger partial charge < -0.3 is 5.32 Å². The molecule has 1 aliphatic heterocycles. The molecule has 1 saturated carbocycles. The zero-order valence-corrected chi connectivity index (χ0v) is 9.05. The molecule has 0 spiro atoms. The van der Waals surface area contributed by atoms with Crippen molar-refractivity contribution in [1.29, 1.82) is 0 Å². The van der Waals surface area contributed by atoms with Gasteiger partial charge in [0, 0.05) is 0 Å². The first-order valence-corrected chi connectivity index (χ1v) is 5.99. The molecule has 0 amide bonds. The Morgan fingerprint density at radius 2 is 1.46 bits per heavy atom. The summed E-state index contributed by atoms with van der Waals surface area (Å²) in [5.41, 5.74) is 0. The smallest absolute Gasteiger partial charge is 0.00462 e. The lowest BCUT2D eigenvalue weighted by Gasteiger charge is -2.33. The Bertz CT molecular complexity index is 153. The highest BCUT2D eigenvalue weighted by Gasteiger charge is 2.38. The van der Waals surface area contributed by atoms with Crippen molar-refractivity contribution in [3.8, 4) is 0 Å². The van der Waals surface area contributed by atoms with Gasteiger partial charge in [-0.2, -0.15) is 0 Å². The lowest BCUT2D eigenvalue weighted by Crippen LogP contribution is -2.34. The van der Waals surface area contributed by atoms with E-state index in [1.165, 1.54) is 38.8 Å². The van der Waals surface area contributed by atoms with E-state index in [-0.39, 0.29) is 0 Å². The van der Waals surface area contributed by atoms with Gasteiger partial charge >= 0.3 is 0 Å². The third-order valence-corrected chi connectivity index (χ3v) is 3.86. The number of hydrogen-bond acceptors (Lipinski definition) is 1. The van der Waals surface area contributed by atoms with Crippen molar-refractivity contribution in [3.63, 3.8) is 0 Å². The highest BCUT2D eigenvalue weighted by Crippen LogP contribution is 2.46. The van der Waals surface area contributed by atoms with E-state index >= 15 is 0 Å². The van der Waals surface area contributed by atoms with Crippen LogP contribution in [0.3, 0.4) is 0 Å². The molecule has 76 valence electrons. The maximum Gasteiger partial charge on any atom is -0.00462 e. The number of rotatable bonds is 3. The molecule has 0 radical (unpaired) electrons. The maximum atomic E-state index is 3.47. The molecule has 2 rings (SSSR count). The van der Waals surface area contributed by atoms with Crippen LogP contribution in [0.15, 0.2) is 0 Å². The molecule has 13 heavy (non-hydrogen) atoms. The van der Waals surface area contributed by atoms with Gasteiger partial charge in [-0.1, -0.05) is 13.8 Å². The van der Waals surface area contributed by atoms with Crippen LogP contribution in [0.5, 0.6) is 0 Å². The summed E-state index contributed by atoms with van der Waals surface area (Å²) >= 11 is 0. The third-order valence-electron chi connectivity index (χ3n) is 3.86. The Labute approximate surface area is 82.3 Å². The topological polar surface area (TPSA) is 12.0 Å². The summed E-state index contributed by atoms with van der Waals surface area (Å²) in [5, 5.41) is 3.47. The minimum Gasteiger partial charge on any atom is -0.317 e. The molecule has 0 aromatic heterocycles. The molecular formula is C12H23N. The molecule has 0 bridgehead atoms. The van der Waals surface area contributed by atoms with Crippen molar-refractivity contribution < 1.29 is 0 Å². The molecule has 1 heterocycles. The fourth-order valence-corrected chi connectivity index (χ4v) is 3.18. The van der Waals surface area contributed by atoms with E-state index in [4.69, 9.17) is 0 Å². The highest BCUT2D eigenvalue weighted by atomic mass is 14.9. The Balaban J connectivity index is 1.92. The van der Waals surface area contributed by atoms with Gasteiger partial charge in [0.1, 0.15) is 0 Å². The van der Waals surface area contributed by atoms with E-state index in [0.717, 1.165) is 23.7 Å². The van der Waals surface area contributed by atoms with Crippen LogP contribution in [0.25, 0.3) is 0 Å². The third kappa shape index (κ3) is 2.25. The molecule has 1 aliphatic carbocycles. The van der Waals surface area contributed by atoms with Crippen molar-refractivity contribution in [2.24, 2.45) is 23.7 Å². The second kappa shape index (κ2) is 4.00. The van der Waals surface area contributed by atoms with Crippen LogP contribution in [0.2, 0.25) is 0 Å². The number of nitrogens with one attached hydrogen (secondary N) is 1. The lowest BCUT2D eigenvalue weighted by atomic mass is 9.75. The molecule has 1 unspecified atom stereocenters. The first-order valence-electron chi connectivity index (χ1n) is 5.99. The van der Waals surface area contributed by atoms with Gasteiger partial charge in [0.05, 0.1) is 0 Å². The van der Waals surface area contributed by atoms with Crippen LogP contribution >= 0.6 is 0 Å². The molecule has 0 aromatic carbocycles. The zero-order chi connectivity index (χ0) is 9.26. The van der Waals surface area contributed by atoms with Crippen molar-refractivity contribution in [2.75, 3.05) is 13.1 Å². The van der Waals surface area contributed by atoms with Gasteiger partial charge in [-0.3, -0.25) is 0 Å². The monoisotopic (exact) mass is 181 g/mol. The van der Waals surface area contributed by atoms with E-state index in [9.17, 15) is 0 Å². The van der Waals surface area contributed by atoms with Gasteiger partial charge in [0.15, 0.2) is 0 Å². The Hall–Kier alpha value is -0.0400. The van der Waals surface area contributed by atoms with E-state index in [2.05, 4.69) is 19.2 Å². The Kier molecular flexibility index (Phi) is 2.92. The van der Waals surface area contributed by atoms with Gasteiger partial charge in [-0.25, -0.2) is 0 Å². The van der Waals surface area contributed by atoms with E-state index in [1.54, 1.807) is 0 Å². The average molecular weight is 181 g/mol. The summed E-state index contributed by atoms with van der Waals surface area (Å²) in [4.78, 5) is 0. The van der Waals surface area contributed by atoms with Crippen LogP contribution in [0.4, 0.5) is 0 Å². The Morgan fingerprint density at radius 3 is 1.92 bits per heavy atom. The first kappa shape index (κ1) is 9.51. The molecule has 1 atom stereocenters. The normalized spacial score (nSPS) is 27.9. The molecule has 0 aromatic rings. The SMILES string of the molecule is CC(C)C(C1CCNCC1)C1CC1. The second-order valence-corrected chi connectivity index (χ2v) is 5.25. The van der Waals surface area contributed by atoms with Crippen LogP contribution in [0, 0.1) is 23.7 Å². The van der Waals surface area contributed by atoms with E-state index < -0.39 is 0 Å². The second-order valence-electron chi connectivity index (χ2n) is 5.25. The molecule has 1 N–H and O–H groups in total. The Morgan fingerprint density at radius 1 is 0.923 bits per heavy atom. The van der Waals surface area contributed by atoms with Crippen LogP contribution in [-0.2, 0) is 0 Å². The summed E-state index contributed by atoms with van der Waals surface area (Å²) < 4.78 is 0. The molecule has 2 aliphatic rings. The van der Waals surface area contributed by atoms with Crippen LogP contribution in [0.1, 0.15) is 39.5 Å². The highest BCUT2D eigenvalue weighted by molar-refractivity contribution is 4.88. The molecule has 1 saturated heterocycles. The minimum atomic E-state index is 0.913. The van der Waals surface area contributed by atoms with Crippen LogP contribution in [-0.4, -0.2) is 13.1 Å². The standard InChI is InChI=1S/C12H23N/c1-9(2)12(10-3-4-10)11-5-7-13-8-6-11/h9-13H,3-8H2,1-2H3. The van der Waals surface area contributed by atoms with Gasteiger partial charge in [0.2, 0.25) is 0 Å². The minimum absolute atomic E-state index is 0.913. The summed E-state index contributed by atoms with van der Waals surface area (Å²) in [6.45, 7) is 7.37. The largest absolute Gasteiger partial charge is 0.317 e. The maximum absolute atomic E-state index is 3.47.